The summed E-state index contributed by atoms with van der Waals surface area (Å²) in [6.07, 6.45) is 1.47. The first-order valence-corrected chi connectivity index (χ1v) is 5.29. The largest absolute Gasteiger partial charge is 0.463 e. The number of fused-ring (bicyclic) bond motifs is 1. The van der Waals surface area contributed by atoms with Crippen molar-refractivity contribution in [2.24, 2.45) is 0 Å². The van der Waals surface area contributed by atoms with E-state index < -0.39 is 0 Å². The summed E-state index contributed by atoms with van der Waals surface area (Å²) in [5, 5.41) is 0.821. The van der Waals surface area contributed by atoms with Gasteiger partial charge in [0.2, 0.25) is 0 Å². The van der Waals surface area contributed by atoms with Gasteiger partial charge in [-0.05, 0) is 38.0 Å². The molecule has 1 aromatic carbocycles. The molecule has 1 aromatic heterocycles. The maximum Gasteiger partial charge on any atom is 0.342 e. The Morgan fingerprint density at radius 2 is 2.12 bits per heavy atom. The SMILES string of the molecule is CCOC(=O)c1coc2c(C)c(C)ccc12. The Kier molecular flexibility index (Phi) is 2.69. The Labute approximate surface area is 94.0 Å². The maximum atomic E-state index is 11.6. The summed E-state index contributed by atoms with van der Waals surface area (Å²) in [6, 6.07) is 3.88. The molecular formula is C13H14O3. The number of benzene rings is 1. The third kappa shape index (κ3) is 1.58. The second kappa shape index (κ2) is 4.00. The van der Waals surface area contributed by atoms with E-state index in [4.69, 9.17) is 9.15 Å². The van der Waals surface area contributed by atoms with Gasteiger partial charge in [0.25, 0.3) is 0 Å². The molecular weight excluding hydrogens is 204 g/mol. The number of carbonyl (C=O) groups is 1. The van der Waals surface area contributed by atoms with Crippen molar-refractivity contribution >= 4 is 16.9 Å². The summed E-state index contributed by atoms with van der Waals surface area (Å²) in [5.41, 5.74) is 3.48. The van der Waals surface area contributed by atoms with Gasteiger partial charge < -0.3 is 9.15 Å². The Bertz CT molecular complexity index is 537. The van der Waals surface area contributed by atoms with Crippen LogP contribution >= 0.6 is 0 Å². The topological polar surface area (TPSA) is 39.4 Å². The highest BCUT2D eigenvalue weighted by molar-refractivity contribution is 6.04. The summed E-state index contributed by atoms with van der Waals surface area (Å²) in [7, 11) is 0. The molecule has 0 amide bonds. The quantitative estimate of drug-likeness (QED) is 0.726. The van der Waals surface area contributed by atoms with Crippen LogP contribution in [0.3, 0.4) is 0 Å². The van der Waals surface area contributed by atoms with Gasteiger partial charge in [0.1, 0.15) is 17.4 Å². The minimum Gasteiger partial charge on any atom is -0.463 e. The van der Waals surface area contributed by atoms with Gasteiger partial charge >= 0.3 is 5.97 Å². The molecule has 3 nitrogen and oxygen atoms in total. The Balaban J connectivity index is 2.58. The smallest absolute Gasteiger partial charge is 0.342 e. The lowest BCUT2D eigenvalue weighted by atomic mass is 10.1. The summed E-state index contributed by atoms with van der Waals surface area (Å²) in [5.74, 6) is -0.329. The first-order chi connectivity index (χ1) is 7.65. The highest BCUT2D eigenvalue weighted by atomic mass is 16.5. The normalized spacial score (nSPS) is 10.7. The zero-order valence-electron chi connectivity index (χ0n) is 9.66. The number of hydrogen-bond donors (Lipinski definition) is 0. The van der Waals surface area contributed by atoms with E-state index in [1.54, 1.807) is 6.92 Å². The second-order valence-corrected chi connectivity index (χ2v) is 3.75. The molecule has 0 radical (unpaired) electrons. The van der Waals surface area contributed by atoms with E-state index in [0.29, 0.717) is 12.2 Å². The first-order valence-electron chi connectivity index (χ1n) is 5.29. The van der Waals surface area contributed by atoms with Crippen LogP contribution in [0.25, 0.3) is 11.0 Å². The van der Waals surface area contributed by atoms with Crippen LogP contribution in [0.1, 0.15) is 28.4 Å². The van der Waals surface area contributed by atoms with Gasteiger partial charge in [-0.2, -0.15) is 0 Å². The molecule has 0 bridgehead atoms. The van der Waals surface area contributed by atoms with Gasteiger partial charge in [0.15, 0.2) is 0 Å². The minimum atomic E-state index is -0.329. The van der Waals surface area contributed by atoms with E-state index in [0.717, 1.165) is 22.1 Å². The van der Waals surface area contributed by atoms with Crippen molar-refractivity contribution in [1.82, 2.24) is 0 Å². The molecule has 1 heterocycles. The number of furan rings is 1. The van der Waals surface area contributed by atoms with Crippen molar-refractivity contribution < 1.29 is 13.9 Å². The van der Waals surface area contributed by atoms with Crippen molar-refractivity contribution in [3.05, 3.63) is 35.1 Å². The second-order valence-electron chi connectivity index (χ2n) is 3.75. The van der Waals surface area contributed by atoms with Crippen LogP contribution in [0.5, 0.6) is 0 Å². The molecule has 0 fully saturated rings. The zero-order chi connectivity index (χ0) is 11.7. The number of hydrogen-bond acceptors (Lipinski definition) is 3. The highest BCUT2D eigenvalue weighted by Crippen LogP contribution is 2.26. The highest BCUT2D eigenvalue weighted by Gasteiger charge is 2.16. The molecule has 16 heavy (non-hydrogen) atoms. The predicted molar refractivity (Wildman–Crippen MR) is 61.6 cm³/mol. The fourth-order valence-electron chi connectivity index (χ4n) is 1.70. The van der Waals surface area contributed by atoms with Crippen molar-refractivity contribution in [2.75, 3.05) is 6.61 Å². The monoisotopic (exact) mass is 218 g/mol. The summed E-state index contributed by atoms with van der Waals surface area (Å²) >= 11 is 0. The van der Waals surface area contributed by atoms with Crippen molar-refractivity contribution in [2.45, 2.75) is 20.8 Å². The molecule has 3 heteroatoms. The van der Waals surface area contributed by atoms with Crippen LogP contribution in [0, 0.1) is 13.8 Å². The lowest BCUT2D eigenvalue weighted by molar-refractivity contribution is 0.0527. The third-order valence-corrected chi connectivity index (χ3v) is 2.76. The Morgan fingerprint density at radius 1 is 1.38 bits per heavy atom. The van der Waals surface area contributed by atoms with E-state index in [9.17, 15) is 4.79 Å². The molecule has 0 N–H and O–H groups in total. The van der Waals surface area contributed by atoms with Crippen LogP contribution in [0.15, 0.2) is 22.8 Å². The van der Waals surface area contributed by atoms with E-state index in [2.05, 4.69) is 0 Å². The first kappa shape index (κ1) is 10.7. The van der Waals surface area contributed by atoms with Gasteiger partial charge in [-0.15, -0.1) is 0 Å². The summed E-state index contributed by atoms with van der Waals surface area (Å²) in [4.78, 5) is 11.6. The van der Waals surface area contributed by atoms with Gasteiger partial charge in [-0.1, -0.05) is 6.07 Å². The molecule has 2 aromatic rings. The van der Waals surface area contributed by atoms with Gasteiger partial charge in [-0.3, -0.25) is 0 Å². The molecule has 0 saturated heterocycles. The summed E-state index contributed by atoms with van der Waals surface area (Å²) < 4.78 is 10.4. The van der Waals surface area contributed by atoms with Crippen LogP contribution in [-0.4, -0.2) is 12.6 Å². The Hall–Kier alpha value is -1.77. The van der Waals surface area contributed by atoms with E-state index in [-0.39, 0.29) is 5.97 Å². The number of rotatable bonds is 2. The molecule has 2 rings (SSSR count). The molecule has 0 aliphatic heterocycles. The van der Waals surface area contributed by atoms with Gasteiger partial charge in [0, 0.05) is 5.39 Å². The lowest BCUT2D eigenvalue weighted by Crippen LogP contribution is -2.03. The minimum absolute atomic E-state index is 0.329. The Morgan fingerprint density at radius 3 is 2.81 bits per heavy atom. The fourth-order valence-corrected chi connectivity index (χ4v) is 1.70. The van der Waals surface area contributed by atoms with Crippen LogP contribution in [0.4, 0.5) is 0 Å². The standard InChI is InChI=1S/C13H14O3/c1-4-15-13(14)11-7-16-12-9(3)8(2)5-6-10(11)12/h5-7H,4H2,1-3H3. The number of esters is 1. The van der Waals surface area contributed by atoms with Gasteiger partial charge in [-0.25, -0.2) is 4.79 Å². The zero-order valence-corrected chi connectivity index (χ0v) is 9.66. The predicted octanol–water partition coefficient (Wildman–Crippen LogP) is 3.23. The average molecular weight is 218 g/mol. The van der Waals surface area contributed by atoms with Crippen LogP contribution in [0.2, 0.25) is 0 Å². The molecule has 0 aliphatic rings. The number of ether oxygens (including phenoxy) is 1. The number of carbonyl (C=O) groups excluding carboxylic acids is 1. The van der Waals surface area contributed by atoms with Gasteiger partial charge in [0.05, 0.1) is 6.61 Å². The number of aryl methyl sites for hydroxylation is 2. The van der Waals surface area contributed by atoms with E-state index >= 15 is 0 Å². The van der Waals surface area contributed by atoms with Crippen LogP contribution < -0.4 is 0 Å². The molecule has 0 unspecified atom stereocenters. The average Bonchev–Trinajstić information content (AvgIpc) is 2.68. The molecule has 0 atom stereocenters. The molecule has 0 aliphatic carbocycles. The van der Waals surface area contributed by atoms with Crippen molar-refractivity contribution in [3.8, 4) is 0 Å². The maximum absolute atomic E-state index is 11.6. The van der Waals surface area contributed by atoms with Crippen molar-refractivity contribution in [3.63, 3.8) is 0 Å². The lowest BCUT2D eigenvalue weighted by Gasteiger charge is -2.01. The van der Waals surface area contributed by atoms with Crippen molar-refractivity contribution in [1.29, 1.82) is 0 Å². The van der Waals surface area contributed by atoms with Crippen LogP contribution in [-0.2, 0) is 4.74 Å². The summed E-state index contributed by atoms with van der Waals surface area (Å²) in [6.45, 7) is 6.16. The fraction of sp³-hybridized carbons (Fsp3) is 0.308. The molecule has 0 spiro atoms. The third-order valence-electron chi connectivity index (χ3n) is 2.76. The van der Waals surface area contributed by atoms with E-state index in [1.165, 1.54) is 6.26 Å². The molecule has 0 saturated carbocycles. The molecule has 84 valence electrons. The van der Waals surface area contributed by atoms with E-state index in [1.807, 2.05) is 26.0 Å².